The summed E-state index contributed by atoms with van der Waals surface area (Å²) in [5.41, 5.74) is 4.22. The summed E-state index contributed by atoms with van der Waals surface area (Å²) in [6.45, 7) is 3.44. The van der Waals surface area contributed by atoms with Gasteiger partial charge in [0.15, 0.2) is 15.6 Å². The summed E-state index contributed by atoms with van der Waals surface area (Å²) in [6, 6.07) is 19.9. The van der Waals surface area contributed by atoms with Crippen molar-refractivity contribution in [2.24, 2.45) is 0 Å². The van der Waals surface area contributed by atoms with Gasteiger partial charge in [-0.05, 0) is 72.9 Å². The van der Waals surface area contributed by atoms with E-state index in [1.807, 2.05) is 43.3 Å². The molecule has 0 spiro atoms. The molecule has 1 unspecified atom stereocenters. The van der Waals surface area contributed by atoms with Gasteiger partial charge in [-0.25, -0.2) is 8.42 Å². The van der Waals surface area contributed by atoms with Gasteiger partial charge in [0.05, 0.1) is 10.3 Å². The highest BCUT2D eigenvalue weighted by Gasteiger charge is 2.42. The van der Waals surface area contributed by atoms with Gasteiger partial charge in [-0.2, -0.15) is 0 Å². The summed E-state index contributed by atoms with van der Waals surface area (Å²) in [5.74, 6) is -0.0911. The normalized spacial score (nSPS) is 17.8. The maximum Gasteiger partial charge on any atom is 0.235 e. The van der Waals surface area contributed by atoms with Crippen LogP contribution in [0.2, 0.25) is 0 Å². The number of ketones is 1. The average Bonchev–Trinajstić information content (AvgIpc) is 2.97. The molecule has 1 heterocycles. The van der Waals surface area contributed by atoms with E-state index in [0.29, 0.717) is 12.0 Å². The Kier molecular flexibility index (Phi) is 5.06. The summed E-state index contributed by atoms with van der Waals surface area (Å²) in [7, 11) is -3.27. The van der Waals surface area contributed by atoms with E-state index >= 15 is 0 Å². The maximum atomic E-state index is 12.9. The lowest BCUT2D eigenvalue weighted by Gasteiger charge is -2.23. The Morgan fingerprint density at radius 2 is 1.65 bits per heavy atom. The van der Waals surface area contributed by atoms with E-state index in [9.17, 15) is 18.0 Å². The van der Waals surface area contributed by atoms with Crippen LogP contribution in [0, 0.1) is 0 Å². The zero-order chi connectivity index (χ0) is 22.4. The molecule has 1 aliphatic heterocycles. The fourth-order valence-corrected chi connectivity index (χ4v) is 4.66. The number of sulfone groups is 1. The van der Waals surface area contributed by atoms with Gasteiger partial charge in [0, 0.05) is 17.5 Å². The van der Waals surface area contributed by atoms with Crippen LogP contribution in [0.3, 0.4) is 0 Å². The van der Waals surface area contributed by atoms with E-state index in [-0.39, 0.29) is 16.6 Å². The molecule has 0 fully saturated rings. The summed E-state index contributed by atoms with van der Waals surface area (Å²) in [4.78, 5) is 24.9. The summed E-state index contributed by atoms with van der Waals surface area (Å²) >= 11 is 0. The molecule has 0 saturated carbocycles. The van der Waals surface area contributed by atoms with Gasteiger partial charge in [-0.1, -0.05) is 36.4 Å². The van der Waals surface area contributed by atoms with Crippen molar-refractivity contribution in [2.75, 3.05) is 11.6 Å². The molecule has 158 valence electrons. The van der Waals surface area contributed by atoms with Gasteiger partial charge in [-0.3, -0.25) is 9.59 Å². The molecule has 1 aliphatic rings. The second-order valence-electron chi connectivity index (χ2n) is 8.28. The number of anilines is 1. The Morgan fingerprint density at radius 3 is 2.29 bits per heavy atom. The smallest absolute Gasteiger partial charge is 0.235 e. The Balaban J connectivity index is 1.72. The fourth-order valence-electron chi connectivity index (χ4n) is 4.03. The van der Waals surface area contributed by atoms with Crippen molar-refractivity contribution in [2.45, 2.75) is 30.6 Å². The number of hydrogen-bond acceptors (Lipinski definition) is 4. The monoisotopic (exact) mass is 433 g/mol. The van der Waals surface area contributed by atoms with Gasteiger partial charge >= 0.3 is 0 Å². The van der Waals surface area contributed by atoms with Crippen molar-refractivity contribution >= 4 is 27.2 Å². The zero-order valence-electron chi connectivity index (χ0n) is 17.6. The molecule has 1 amide bonds. The SMILES string of the molecule is CC(=O)c1cccc(-c2ccc3c(c2)C(C)(Cc2ccc(S(C)(=O)=O)cc2)C(=O)N3)c1. The highest BCUT2D eigenvalue weighted by Crippen LogP contribution is 2.42. The molecule has 3 aromatic carbocycles. The fraction of sp³-hybridized carbons (Fsp3) is 0.200. The topological polar surface area (TPSA) is 80.3 Å². The third-order valence-corrected chi connectivity index (χ3v) is 7.00. The molecule has 0 bridgehead atoms. The Bertz CT molecular complexity index is 1310. The lowest BCUT2D eigenvalue weighted by molar-refractivity contribution is -0.120. The van der Waals surface area contributed by atoms with Crippen LogP contribution in [-0.2, 0) is 26.5 Å². The minimum absolute atomic E-state index is 0.00207. The van der Waals surface area contributed by atoms with Crippen LogP contribution in [0.5, 0.6) is 0 Å². The second-order valence-corrected chi connectivity index (χ2v) is 10.3. The third-order valence-electron chi connectivity index (χ3n) is 5.87. The maximum absolute atomic E-state index is 12.9. The number of hydrogen-bond donors (Lipinski definition) is 1. The number of rotatable bonds is 5. The molecule has 3 aromatic rings. The average molecular weight is 434 g/mol. The van der Waals surface area contributed by atoms with Crippen LogP contribution in [0.15, 0.2) is 71.6 Å². The lowest BCUT2D eigenvalue weighted by atomic mass is 9.77. The van der Waals surface area contributed by atoms with Crippen molar-refractivity contribution in [3.8, 4) is 11.1 Å². The molecule has 0 aromatic heterocycles. The van der Waals surface area contributed by atoms with Crippen molar-refractivity contribution in [3.05, 3.63) is 83.4 Å². The first-order chi connectivity index (χ1) is 14.6. The van der Waals surface area contributed by atoms with Gasteiger partial charge in [0.2, 0.25) is 5.91 Å². The third kappa shape index (κ3) is 3.91. The molecular weight excluding hydrogens is 410 g/mol. The van der Waals surface area contributed by atoms with Crippen molar-refractivity contribution in [1.29, 1.82) is 0 Å². The standard InChI is InChI=1S/C25H23NO4S/c1-16(27)18-5-4-6-19(13-18)20-9-12-23-22(14-20)25(2,24(28)26-23)15-17-7-10-21(11-8-17)31(3,29)30/h4-14H,15H2,1-3H3,(H,26,28). The highest BCUT2D eigenvalue weighted by atomic mass is 32.2. The molecule has 4 rings (SSSR count). The van der Waals surface area contributed by atoms with E-state index in [2.05, 4.69) is 5.32 Å². The molecule has 6 heteroatoms. The largest absolute Gasteiger partial charge is 0.325 e. The van der Waals surface area contributed by atoms with Gasteiger partial charge < -0.3 is 5.32 Å². The van der Waals surface area contributed by atoms with Crippen molar-refractivity contribution in [3.63, 3.8) is 0 Å². The Hall–Kier alpha value is -3.25. The molecular formula is C25H23NO4S. The summed E-state index contributed by atoms with van der Waals surface area (Å²) in [6.07, 6.45) is 1.61. The molecule has 1 atom stereocenters. The quantitative estimate of drug-likeness (QED) is 0.605. The molecule has 31 heavy (non-hydrogen) atoms. The van der Waals surface area contributed by atoms with Crippen LogP contribution in [0.4, 0.5) is 5.69 Å². The predicted molar refractivity (Wildman–Crippen MR) is 121 cm³/mol. The summed E-state index contributed by atoms with van der Waals surface area (Å²) < 4.78 is 23.4. The Labute approximate surface area is 182 Å². The number of Topliss-reactive ketones (excluding diaryl/α,β-unsaturated/α-hetero) is 1. The first-order valence-electron chi connectivity index (χ1n) is 9.94. The summed E-state index contributed by atoms with van der Waals surface area (Å²) in [5, 5.41) is 2.96. The van der Waals surface area contributed by atoms with Gasteiger partial charge in [0.25, 0.3) is 0 Å². The highest BCUT2D eigenvalue weighted by molar-refractivity contribution is 7.90. The molecule has 1 N–H and O–H groups in total. The van der Waals surface area contributed by atoms with E-state index in [4.69, 9.17) is 0 Å². The number of carbonyl (C=O) groups excluding carboxylic acids is 2. The minimum Gasteiger partial charge on any atom is -0.325 e. The second kappa shape index (κ2) is 7.46. The zero-order valence-corrected chi connectivity index (χ0v) is 18.4. The van der Waals surface area contributed by atoms with Crippen LogP contribution in [0.25, 0.3) is 11.1 Å². The first-order valence-corrected chi connectivity index (χ1v) is 11.8. The minimum atomic E-state index is -3.27. The molecule has 0 aliphatic carbocycles. The lowest BCUT2D eigenvalue weighted by Crippen LogP contribution is -2.33. The number of carbonyl (C=O) groups is 2. The van der Waals surface area contributed by atoms with Crippen molar-refractivity contribution < 1.29 is 18.0 Å². The van der Waals surface area contributed by atoms with Crippen LogP contribution < -0.4 is 5.32 Å². The number of amides is 1. The van der Waals surface area contributed by atoms with Gasteiger partial charge in [0.1, 0.15) is 0 Å². The van der Waals surface area contributed by atoms with E-state index in [1.54, 1.807) is 30.3 Å². The van der Waals surface area contributed by atoms with Crippen LogP contribution in [0.1, 0.15) is 35.3 Å². The van der Waals surface area contributed by atoms with Crippen molar-refractivity contribution in [1.82, 2.24) is 0 Å². The molecule has 0 saturated heterocycles. The van der Waals surface area contributed by atoms with E-state index < -0.39 is 15.3 Å². The van der Waals surface area contributed by atoms with Crippen LogP contribution in [-0.4, -0.2) is 26.4 Å². The van der Waals surface area contributed by atoms with Gasteiger partial charge in [-0.15, -0.1) is 0 Å². The number of benzene rings is 3. The van der Waals surface area contributed by atoms with E-state index in [0.717, 1.165) is 27.9 Å². The Morgan fingerprint density at radius 1 is 0.968 bits per heavy atom. The first kappa shape index (κ1) is 21.0. The molecule has 0 radical (unpaired) electrons. The number of nitrogens with one attached hydrogen (secondary N) is 1. The molecule has 5 nitrogen and oxygen atoms in total. The number of fused-ring (bicyclic) bond motifs is 1. The predicted octanol–water partition coefficient (Wildman–Crippen LogP) is 4.41. The van der Waals surface area contributed by atoms with E-state index in [1.165, 1.54) is 13.2 Å². The van der Waals surface area contributed by atoms with Crippen LogP contribution >= 0.6 is 0 Å².